The van der Waals surface area contributed by atoms with Crippen molar-refractivity contribution in [1.82, 2.24) is 10.0 Å². The van der Waals surface area contributed by atoms with E-state index >= 15 is 0 Å². The zero-order valence-corrected chi connectivity index (χ0v) is 17.9. The Balaban J connectivity index is 1.71. The van der Waals surface area contributed by atoms with Gasteiger partial charge in [0, 0.05) is 24.1 Å². The van der Waals surface area contributed by atoms with Crippen molar-refractivity contribution in [3.63, 3.8) is 0 Å². The first kappa shape index (κ1) is 20.3. The SMILES string of the molecule is CS(=O)(=O)NCc1csc2c1S(=O)(=O)N=C(C1=C(O)[C@H]3CCCC[C@H]3NC1=O)N2. The third kappa shape index (κ3) is 3.79. The van der Waals surface area contributed by atoms with Crippen LogP contribution >= 0.6 is 11.3 Å². The number of hydrogen-bond acceptors (Lipinski definition) is 8. The van der Waals surface area contributed by atoms with Crippen molar-refractivity contribution in [1.29, 1.82) is 0 Å². The molecule has 1 aromatic heterocycles. The van der Waals surface area contributed by atoms with Crippen LogP contribution in [0.4, 0.5) is 5.00 Å². The molecule has 0 aromatic carbocycles. The van der Waals surface area contributed by atoms with Crippen molar-refractivity contribution in [2.45, 2.75) is 43.2 Å². The second kappa shape index (κ2) is 7.07. The van der Waals surface area contributed by atoms with Gasteiger partial charge < -0.3 is 15.7 Å². The summed E-state index contributed by atoms with van der Waals surface area (Å²) in [6.07, 6.45) is 4.31. The minimum Gasteiger partial charge on any atom is -0.511 e. The minimum absolute atomic E-state index is 0.130. The molecule has 1 amide bonds. The molecule has 3 heterocycles. The fourth-order valence-corrected chi connectivity index (χ4v) is 6.91. The molecule has 158 valence electrons. The monoisotopic (exact) mass is 460 g/mol. The number of anilines is 1. The van der Waals surface area contributed by atoms with E-state index < -0.39 is 26.0 Å². The molecule has 1 fully saturated rings. The van der Waals surface area contributed by atoms with E-state index in [1.807, 2.05) is 0 Å². The van der Waals surface area contributed by atoms with Crippen molar-refractivity contribution >= 4 is 48.1 Å². The Hall–Kier alpha value is -1.96. The van der Waals surface area contributed by atoms with Crippen LogP contribution in [0.2, 0.25) is 0 Å². The zero-order chi connectivity index (χ0) is 21.0. The van der Waals surface area contributed by atoms with Crippen LogP contribution in [0.3, 0.4) is 0 Å². The maximum atomic E-state index is 12.8. The molecule has 2 aliphatic heterocycles. The number of aliphatic hydroxyl groups is 1. The quantitative estimate of drug-likeness (QED) is 0.518. The number of nitrogens with zero attached hydrogens (tertiary/aromatic N) is 1. The van der Waals surface area contributed by atoms with Gasteiger partial charge in [-0.05, 0) is 18.2 Å². The Labute approximate surface area is 172 Å². The Morgan fingerprint density at radius 3 is 2.79 bits per heavy atom. The first-order valence-corrected chi connectivity index (χ1v) is 13.2. The molecule has 1 saturated carbocycles. The van der Waals surface area contributed by atoms with E-state index in [1.54, 1.807) is 0 Å². The molecule has 0 bridgehead atoms. The second-order valence-electron chi connectivity index (χ2n) is 7.28. The van der Waals surface area contributed by atoms with E-state index in [0.717, 1.165) is 36.9 Å². The fraction of sp³-hybridized carbons (Fsp3) is 0.500. The summed E-state index contributed by atoms with van der Waals surface area (Å²) < 4.78 is 54.2. The molecule has 4 N–H and O–H groups in total. The smallest absolute Gasteiger partial charge is 0.287 e. The highest BCUT2D eigenvalue weighted by atomic mass is 32.2. The van der Waals surface area contributed by atoms with Crippen LogP contribution in [0.1, 0.15) is 31.2 Å². The number of rotatable bonds is 4. The molecule has 2 atom stereocenters. The number of sulfonamides is 2. The summed E-state index contributed by atoms with van der Waals surface area (Å²) >= 11 is 1.06. The second-order valence-corrected chi connectivity index (χ2v) is 11.5. The normalized spacial score (nSPS) is 26.1. The lowest BCUT2D eigenvalue weighted by molar-refractivity contribution is -0.119. The highest BCUT2D eigenvalue weighted by molar-refractivity contribution is 7.91. The van der Waals surface area contributed by atoms with Gasteiger partial charge in [-0.25, -0.2) is 13.1 Å². The number of amides is 1. The van der Waals surface area contributed by atoms with Crippen molar-refractivity contribution in [3.05, 3.63) is 22.3 Å². The van der Waals surface area contributed by atoms with Crippen molar-refractivity contribution in [3.8, 4) is 0 Å². The number of fused-ring (bicyclic) bond motifs is 2. The Kier molecular flexibility index (Phi) is 4.96. The van der Waals surface area contributed by atoms with Gasteiger partial charge >= 0.3 is 0 Å². The highest BCUT2D eigenvalue weighted by Gasteiger charge is 2.41. The van der Waals surface area contributed by atoms with Gasteiger partial charge in [0.1, 0.15) is 21.2 Å². The number of nitrogens with one attached hydrogen (secondary N) is 3. The average molecular weight is 461 g/mol. The molecule has 10 nitrogen and oxygen atoms in total. The van der Waals surface area contributed by atoms with Crippen LogP contribution in [0.25, 0.3) is 0 Å². The number of hydrogen-bond donors (Lipinski definition) is 4. The number of thiophene rings is 1. The van der Waals surface area contributed by atoms with Gasteiger partial charge in [0.05, 0.1) is 6.26 Å². The molecule has 0 spiro atoms. The van der Waals surface area contributed by atoms with Crippen molar-refractivity contribution in [2.75, 3.05) is 11.6 Å². The van der Waals surface area contributed by atoms with Crippen LogP contribution in [0, 0.1) is 5.92 Å². The molecule has 1 aromatic rings. The van der Waals surface area contributed by atoms with Gasteiger partial charge in [-0.1, -0.05) is 12.8 Å². The average Bonchev–Trinajstić information content (AvgIpc) is 3.03. The summed E-state index contributed by atoms with van der Waals surface area (Å²) in [5.74, 6) is -1.19. The maximum Gasteiger partial charge on any atom is 0.287 e. The van der Waals surface area contributed by atoms with Gasteiger partial charge in [0.25, 0.3) is 15.9 Å². The van der Waals surface area contributed by atoms with E-state index in [-0.39, 0.29) is 51.1 Å². The first-order chi connectivity index (χ1) is 13.6. The predicted molar refractivity (Wildman–Crippen MR) is 108 cm³/mol. The van der Waals surface area contributed by atoms with Gasteiger partial charge in [-0.3, -0.25) is 4.79 Å². The van der Waals surface area contributed by atoms with Crippen LogP contribution in [-0.4, -0.2) is 46.0 Å². The van der Waals surface area contributed by atoms with Gasteiger partial charge in [-0.2, -0.15) is 8.42 Å². The highest BCUT2D eigenvalue weighted by Crippen LogP contribution is 2.39. The molecule has 0 radical (unpaired) electrons. The lowest BCUT2D eigenvalue weighted by atomic mass is 9.79. The number of carbonyl (C=O) groups is 1. The van der Waals surface area contributed by atoms with E-state index in [0.29, 0.717) is 6.42 Å². The molecule has 4 rings (SSSR count). The van der Waals surface area contributed by atoms with Crippen molar-refractivity contribution in [2.24, 2.45) is 10.3 Å². The van der Waals surface area contributed by atoms with E-state index in [4.69, 9.17) is 0 Å². The van der Waals surface area contributed by atoms with E-state index in [9.17, 15) is 26.7 Å². The largest absolute Gasteiger partial charge is 0.511 e. The third-order valence-electron chi connectivity index (χ3n) is 5.20. The van der Waals surface area contributed by atoms with E-state index in [2.05, 4.69) is 19.8 Å². The minimum atomic E-state index is -4.20. The number of aliphatic hydroxyl groups excluding tert-OH is 1. The number of carbonyl (C=O) groups excluding carboxylic acids is 1. The van der Waals surface area contributed by atoms with Crippen LogP contribution in [0.15, 0.2) is 26.0 Å². The Morgan fingerprint density at radius 1 is 1.34 bits per heavy atom. The number of amidine groups is 1. The van der Waals surface area contributed by atoms with Crippen LogP contribution in [-0.2, 0) is 31.4 Å². The lowest BCUT2D eigenvalue weighted by Crippen LogP contribution is -2.50. The van der Waals surface area contributed by atoms with Gasteiger partial charge in [0.15, 0.2) is 5.84 Å². The van der Waals surface area contributed by atoms with Gasteiger partial charge in [-0.15, -0.1) is 15.7 Å². The summed E-state index contributed by atoms with van der Waals surface area (Å²) in [7, 11) is -7.70. The predicted octanol–water partition coefficient (Wildman–Crippen LogP) is 0.811. The lowest BCUT2D eigenvalue weighted by Gasteiger charge is -2.36. The molecule has 29 heavy (non-hydrogen) atoms. The Morgan fingerprint density at radius 2 is 2.07 bits per heavy atom. The molecular weight excluding hydrogens is 440 g/mol. The molecule has 1 aliphatic carbocycles. The summed E-state index contributed by atoms with van der Waals surface area (Å²) in [4.78, 5) is 12.5. The molecule has 0 unspecified atom stereocenters. The van der Waals surface area contributed by atoms with Crippen LogP contribution in [0.5, 0.6) is 0 Å². The standard InChI is InChI=1S/C16H20N4O6S3/c1-28(23,24)17-6-8-7-27-16-13(8)29(25,26)20-14(19-16)11-12(21)9-4-2-3-5-10(9)18-15(11)22/h7,9-10,17,21H,2-6H2,1H3,(H,18,22)(H,19,20)/t9-,10+/m0/s1. The maximum absolute atomic E-state index is 12.8. The van der Waals surface area contributed by atoms with Crippen molar-refractivity contribution < 1.29 is 26.7 Å². The first-order valence-electron chi connectivity index (χ1n) is 8.98. The topological polar surface area (TPSA) is 154 Å². The molecular formula is C16H20N4O6S3. The van der Waals surface area contributed by atoms with Gasteiger partial charge in [0.2, 0.25) is 10.0 Å². The summed E-state index contributed by atoms with van der Waals surface area (Å²) in [5.41, 5.74) is 0.0935. The summed E-state index contributed by atoms with van der Waals surface area (Å²) in [6.45, 7) is -0.200. The zero-order valence-electron chi connectivity index (χ0n) is 15.4. The Bertz CT molecular complexity index is 1150. The summed E-state index contributed by atoms with van der Waals surface area (Å²) in [5, 5.41) is 18.1. The molecule has 13 heteroatoms. The van der Waals surface area contributed by atoms with Crippen LogP contribution < -0.4 is 15.4 Å². The fourth-order valence-electron chi connectivity index (χ4n) is 3.89. The molecule has 3 aliphatic rings. The third-order valence-corrected chi connectivity index (χ3v) is 8.34. The molecule has 0 saturated heterocycles. The van der Waals surface area contributed by atoms with E-state index in [1.165, 1.54) is 5.38 Å². The summed E-state index contributed by atoms with van der Waals surface area (Å²) in [6, 6.07) is -0.160.